The van der Waals surface area contributed by atoms with Crippen molar-refractivity contribution in [1.82, 2.24) is 14.5 Å². The van der Waals surface area contributed by atoms with Crippen molar-refractivity contribution in [3.8, 4) is 0 Å². The smallest absolute Gasteiger partial charge is 0.206 e. The summed E-state index contributed by atoms with van der Waals surface area (Å²) < 4.78 is 15.7. The predicted octanol–water partition coefficient (Wildman–Crippen LogP) is 2.07. The van der Waals surface area contributed by atoms with Crippen molar-refractivity contribution in [2.75, 3.05) is 18.0 Å². The lowest BCUT2D eigenvalue weighted by Crippen LogP contribution is -2.52. The van der Waals surface area contributed by atoms with Crippen LogP contribution >= 0.6 is 0 Å². The van der Waals surface area contributed by atoms with E-state index in [0.717, 1.165) is 11.2 Å². The first kappa shape index (κ1) is 17.4. The maximum Gasteiger partial charge on any atom is 0.206 e. The topological polar surface area (TPSA) is 84.6 Å². The molecule has 8 heteroatoms. The number of imidazole rings is 1. The van der Waals surface area contributed by atoms with E-state index in [-0.39, 0.29) is 11.9 Å². The van der Waals surface area contributed by atoms with Crippen LogP contribution in [0.4, 0.5) is 16.0 Å². The van der Waals surface area contributed by atoms with Gasteiger partial charge in [-0.05, 0) is 24.6 Å². The molecular weight excluding hydrogens is 347 g/mol. The number of benzene rings is 1. The number of aromatic nitrogens is 3. The van der Waals surface area contributed by atoms with Crippen molar-refractivity contribution in [3.63, 3.8) is 0 Å². The fourth-order valence-electron chi connectivity index (χ4n) is 3.38. The Balaban J connectivity index is 1.75. The minimum atomic E-state index is -0.528. The Bertz CT molecular complexity index is 1010. The summed E-state index contributed by atoms with van der Waals surface area (Å²) in [6, 6.07) is 7.68. The quantitative estimate of drug-likeness (QED) is 0.693. The molecule has 3 heterocycles. The number of hydrogen-bond acceptors (Lipinski definition) is 5. The van der Waals surface area contributed by atoms with Crippen LogP contribution in [-0.4, -0.2) is 44.9 Å². The Kier molecular flexibility index (Phi) is 4.48. The van der Waals surface area contributed by atoms with E-state index in [1.807, 2.05) is 9.47 Å². The van der Waals surface area contributed by atoms with Crippen molar-refractivity contribution in [3.05, 3.63) is 59.5 Å². The summed E-state index contributed by atoms with van der Waals surface area (Å²) in [5.74, 6) is 0.331. The van der Waals surface area contributed by atoms with Gasteiger partial charge in [-0.3, -0.25) is 4.98 Å². The normalized spacial score (nSPS) is 20.0. The highest BCUT2D eigenvalue weighted by atomic mass is 19.1. The molecule has 1 fully saturated rings. The summed E-state index contributed by atoms with van der Waals surface area (Å²) in [7, 11) is 0. The summed E-state index contributed by atoms with van der Waals surface area (Å²) in [5.41, 5.74) is 8.63. The molecule has 1 aliphatic rings. The van der Waals surface area contributed by atoms with Crippen LogP contribution in [0.5, 0.6) is 0 Å². The van der Waals surface area contributed by atoms with Gasteiger partial charge in [0.05, 0.1) is 35.9 Å². The highest BCUT2D eigenvalue weighted by molar-refractivity contribution is 5.79. The van der Waals surface area contributed by atoms with Crippen LogP contribution in [0.25, 0.3) is 15.9 Å². The van der Waals surface area contributed by atoms with Gasteiger partial charge in [0, 0.05) is 31.4 Å². The first-order valence-electron chi connectivity index (χ1n) is 8.72. The number of nitrogens with zero attached hydrogens (tertiary/aromatic N) is 5. The van der Waals surface area contributed by atoms with Gasteiger partial charge in [0.15, 0.2) is 0 Å². The number of nitrogens with two attached hydrogens (primary N) is 1. The molecule has 27 heavy (non-hydrogen) atoms. The molecule has 0 aliphatic carbocycles. The lowest BCUT2D eigenvalue weighted by molar-refractivity contribution is 0.124. The number of anilines is 1. The Morgan fingerprint density at radius 3 is 2.89 bits per heavy atom. The first-order valence-corrected chi connectivity index (χ1v) is 8.72. The number of piperidine rings is 1. The molecule has 1 aliphatic heterocycles. The number of halogens is 1. The van der Waals surface area contributed by atoms with E-state index < -0.39 is 6.10 Å². The number of hydrogen-bond donors (Lipinski definition) is 2. The first-order chi connectivity index (χ1) is 13.0. The molecule has 2 atom stereocenters. The molecule has 0 saturated carbocycles. The fourth-order valence-corrected chi connectivity index (χ4v) is 3.38. The number of aliphatic hydroxyl groups excluding tert-OH is 1. The molecule has 0 unspecified atom stereocenters. The monoisotopic (exact) mass is 366 g/mol. The summed E-state index contributed by atoms with van der Waals surface area (Å²) in [6.45, 7) is 8.56. The molecule has 0 radical (unpaired) electrons. The average molecular weight is 366 g/mol. The maximum atomic E-state index is 13.7. The Hall–Kier alpha value is -3.02. The van der Waals surface area contributed by atoms with Crippen LogP contribution in [0.3, 0.4) is 0 Å². The Morgan fingerprint density at radius 2 is 2.19 bits per heavy atom. The van der Waals surface area contributed by atoms with Crippen LogP contribution in [0.1, 0.15) is 12.1 Å². The molecule has 1 saturated heterocycles. The summed E-state index contributed by atoms with van der Waals surface area (Å²) in [6.07, 6.45) is 1.56. The van der Waals surface area contributed by atoms with E-state index in [1.165, 1.54) is 18.3 Å². The van der Waals surface area contributed by atoms with Crippen LogP contribution in [0.2, 0.25) is 0 Å². The fraction of sp³-hybridized carbons (Fsp3) is 0.316. The highest BCUT2D eigenvalue weighted by Crippen LogP contribution is 2.27. The van der Waals surface area contributed by atoms with Gasteiger partial charge >= 0.3 is 0 Å². The third-order valence-corrected chi connectivity index (χ3v) is 4.85. The standard InChI is InChI=1S/C19H19FN6O/c1-22-13-3-4-14(23-9-13)10-26-17-5-2-12(20)8-16(17)24-19(26)25-7-6-18(27)15(21)11-25/h2-5,8-9,15,18,27H,6-7,10-11,21H2/t15-,18-/m1/s1. The lowest BCUT2D eigenvalue weighted by Gasteiger charge is -2.35. The Morgan fingerprint density at radius 1 is 1.33 bits per heavy atom. The van der Waals surface area contributed by atoms with Crippen molar-refractivity contribution >= 4 is 22.7 Å². The van der Waals surface area contributed by atoms with Crippen LogP contribution in [-0.2, 0) is 6.54 Å². The second-order valence-corrected chi connectivity index (χ2v) is 6.72. The lowest BCUT2D eigenvalue weighted by atomic mass is 10.0. The number of rotatable bonds is 3. The summed E-state index contributed by atoms with van der Waals surface area (Å²) in [5, 5.41) is 9.91. The molecule has 7 nitrogen and oxygen atoms in total. The largest absolute Gasteiger partial charge is 0.391 e. The minimum Gasteiger partial charge on any atom is -0.391 e. The molecule has 138 valence electrons. The van der Waals surface area contributed by atoms with E-state index in [4.69, 9.17) is 12.3 Å². The molecule has 0 bridgehead atoms. The van der Waals surface area contributed by atoms with E-state index in [2.05, 4.69) is 14.8 Å². The van der Waals surface area contributed by atoms with Crippen LogP contribution in [0.15, 0.2) is 36.5 Å². The van der Waals surface area contributed by atoms with E-state index in [1.54, 1.807) is 18.2 Å². The SMILES string of the molecule is [C-]#[N+]c1ccc(Cn2c(N3CC[C@@H](O)[C@H](N)C3)nc3cc(F)ccc32)nc1. The summed E-state index contributed by atoms with van der Waals surface area (Å²) in [4.78, 5) is 14.3. The zero-order valence-electron chi connectivity index (χ0n) is 14.6. The van der Waals surface area contributed by atoms with Crippen LogP contribution < -0.4 is 10.6 Å². The molecule has 0 amide bonds. The molecule has 4 rings (SSSR count). The van der Waals surface area contributed by atoms with Crippen molar-refractivity contribution in [2.24, 2.45) is 5.73 Å². The zero-order valence-corrected chi connectivity index (χ0v) is 14.6. The minimum absolute atomic E-state index is 0.344. The van der Waals surface area contributed by atoms with Gasteiger partial charge in [-0.2, -0.15) is 0 Å². The van der Waals surface area contributed by atoms with Gasteiger partial charge in [-0.15, -0.1) is 0 Å². The van der Waals surface area contributed by atoms with Crippen molar-refractivity contribution < 1.29 is 9.50 Å². The highest BCUT2D eigenvalue weighted by Gasteiger charge is 2.28. The maximum absolute atomic E-state index is 13.7. The van der Waals surface area contributed by atoms with Gasteiger partial charge in [0.25, 0.3) is 0 Å². The van der Waals surface area contributed by atoms with E-state index in [9.17, 15) is 9.50 Å². The molecule has 2 aromatic heterocycles. The summed E-state index contributed by atoms with van der Waals surface area (Å²) >= 11 is 0. The van der Waals surface area contributed by atoms with Crippen molar-refractivity contribution in [2.45, 2.75) is 25.1 Å². The third-order valence-electron chi connectivity index (χ3n) is 4.85. The molecule has 0 spiro atoms. The third kappa shape index (κ3) is 3.35. The Labute approximate surface area is 155 Å². The average Bonchev–Trinajstić information content (AvgIpc) is 3.02. The van der Waals surface area contributed by atoms with Gasteiger partial charge < -0.3 is 20.3 Å². The molecule has 1 aromatic carbocycles. The second kappa shape index (κ2) is 6.95. The van der Waals surface area contributed by atoms with Crippen molar-refractivity contribution in [1.29, 1.82) is 0 Å². The van der Waals surface area contributed by atoms with Gasteiger partial charge in [0.1, 0.15) is 5.82 Å². The van der Waals surface area contributed by atoms with Crippen LogP contribution in [0, 0.1) is 12.4 Å². The number of aliphatic hydroxyl groups is 1. The second-order valence-electron chi connectivity index (χ2n) is 6.72. The van der Waals surface area contributed by atoms with E-state index >= 15 is 0 Å². The molecule has 3 aromatic rings. The van der Waals surface area contributed by atoms with Gasteiger partial charge in [-0.25, -0.2) is 14.2 Å². The molecule has 3 N–H and O–H groups in total. The number of fused-ring (bicyclic) bond motifs is 1. The predicted molar refractivity (Wildman–Crippen MR) is 100 cm³/mol. The zero-order chi connectivity index (χ0) is 19.0. The van der Waals surface area contributed by atoms with Gasteiger partial charge in [0.2, 0.25) is 11.6 Å². The van der Waals surface area contributed by atoms with Gasteiger partial charge in [-0.1, -0.05) is 6.07 Å². The molecular formula is C19H19FN6O. The number of pyridine rings is 1. The van der Waals surface area contributed by atoms with E-state index in [0.29, 0.717) is 43.2 Å².